The molecule has 0 aliphatic carbocycles. The second-order valence-corrected chi connectivity index (χ2v) is 9.09. The van der Waals surface area contributed by atoms with Gasteiger partial charge in [0.1, 0.15) is 5.75 Å². The Hall–Kier alpha value is -4.24. The third kappa shape index (κ3) is 5.46. The molecule has 9 heteroatoms. The smallest absolute Gasteiger partial charge is 0.226 e. The average Bonchev–Trinajstić information content (AvgIpc) is 3.52. The van der Waals surface area contributed by atoms with Crippen molar-refractivity contribution in [3.05, 3.63) is 108 Å². The number of para-hydroxylation sites is 2. The summed E-state index contributed by atoms with van der Waals surface area (Å²) in [5, 5.41) is 7.01. The zero-order chi connectivity index (χ0) is 25.6. The van der Waals surface area contributed by atoms with Gasteiger partial charge in [-0.1, -0.05) is 24.3 Å². The van der Waals surface area contributed by atoms with E-state index in [-0.39, 0.29) is 24.4 Å². The van der Waals surface area contributed by atoms with Gasteiger partial charge in [0.25, 0.3) is 0 Å². The first-order chi connectivity index (χ1) is 18.1. The number of methoxy groups -OCH3 is 1. The van der Waals surface area contributed by atoms with Gasteiger partial charge in [-0.15, -0.1) is 0 Å². The minimum atomic E-state index is -0.164. The minimum absolute atomic E-state index is 0.115. The number of pyridine rings is 2. The topological polar surface area (TPSA) is 84.3 Å². The van der Waals surface area contributed by atoms with Crippen molar-refractivity contribution in [2.45, 2.75) is 25.0 Å². The Kier molecular flexibility index (Phi) is 7.41. The third-order valence-electron chi connectivity index (χ3n) is 6.38. The van der Waals surface area contributed by atoms with E-state index in [0.717, 1.165) is 17.1 Å². The number of nitrogens with one attached hydrogen (secondary N) is 2. The molecule has 8 nitrogen and oxygen atoms in total. The summed E-state index contributed by atoms with van der Waals surface area (Å²) in [7, 11) is 1.59. The van der Waals surface area contributed by atoms with E-state index < -0.39 is 0 Å². The second kappa shape index (κ2) is 11.2. The lowest BCUT2D eigenvalue weighted by Gasteiger charge is -2.28. The summed E-state index contributed by atoms with van der Waals surface area (Å²) in [6.07, 6.45) is 5.89. The van der Waals surface area contributed by atoms with Gasteiger partial charge in [-0.3, -0.25) is 14.8 Å². The number of aromatic nitrogens is 3. The van der Waals surface area contributed by atoms with E-state index in [0.29, 0.717) is 29.6 Å². The van der Waals surface area contributed by atoms with Crippen molar-refractivity contribution < 1.29 is 9.53 Å². The van der Waals surface area contributed by atoms with Crippen LogP contribution in [-0.4, -0.2) is 44.1 Å². The average molecular weight is 513 g/mol. The summed E-state index contributed by atoms with van der Waals surface area (Å²) in [5.74, 6) is 0.505. The summed E-state index contributed by atoms with van der Waals surface area (Å²) >= 11 is 5.78. The first kappa shape index (κ1) is 24.5. The molecule has 1 aromatic carbocycles. The molecular formula is C28H28N6O2S. The first-order valence-electron chi connectivity index (χ1n) is 12.1. The number of thiocarbonyl (C=S) groups is 1. The number of carbonyl (C=O) groups is 1. The Morgan fingerprint density at radius 2 is 1.81 bits per heavy atom. The van der Waals surface area contributed by atoms with Crippen LogP contribution in [0.3, 0.4) is 0 Å². The lowest BCUT2D eigenvalue weighted by molar-refractivity contribution is -0.116. The van der Waals surface area contributed by atoms with Gasteiger partial charge < -0.3 is 24.8 Å². The monoisotopic (exact) mass is 512 g/mol. The normalized spacial score (nSPS) is 16.9. The van der Waals surface area contributed by atoms with Gasteiger partial charge in [0.15, 0.2) is 5.11 Å². The molecule has 0 spiro atoms. The predicted octanol–water partition coefficient (Wildman–Crippen LogP) is 4.34. The van der Waals surface area contributed by atoms with Gasteiger partial charge in [0.05, 0.1) is 42.8 Å². The van der Waals surface area contributed by atoms with E-state index in [1.807, 2.05) is 72.9 Å². The summed E-state index contributed by atoms with van der Waals surface area (Å²) < 4.78 is 7.54. The molecule has 1 fully saturated rings. The van der Waals surface area contributed by atoms with Crippen LogP contribution < -0.4 is 15.4 Å². The molecule has 4 heterocycles. The fraction of sp³-hybridized carbons (Fsp3) is 0.214. The number of rotatable bonds is 9. The number of hydrogen-bond donors (Lipinski definition) is 2. The number of hydrogen-bond acceptors (Lipinski definition) is 5. The van der Waals surface area contributed by atoms with Crippen LogP contribution in [0.25, 0.3) is 0 Å². The lowest BCUT2D eigenvalue weighted by atomic mass is 10.0. The van der Waals surface area contributed by atoms with Crippen LogP contribution >= 0.6 is 12.2 Å². The molecule has 37 heavy (non-hydrogen) atoms. The highest BCUT2D eigenvalue weighted by Gasteiger charge is 2.41. The van der Waals surface area contributed by atoms with Crippen LogP contribution in [0.2, 0.25) is 0 Å². The van der Waals surface area contributed by atoms with Gasteiger partial charge >= 0.3 is 0 Å². The highest BCUT2D eigenvalue weighted by molar-refractivity contribution is 7.80. The molecule has 0 radical (unpaired) electrons. The van der Waals surface area contributed by atoms with Gasteiger partial charge in [-0.25, -0.2) is 0 Å². The number of carbonyl (C=O) groups excluding carboxylic acids is 1. The van der Waals surface area contributed by atoms with Crippen molar-refractivity contribution in [3.63, 3.8) is 0 Å². The van der Waals surface area contributed by atoms with Crippen LogP contribution in [0.15, 0.2) is 91.4 Å². The predicted molar refractivity (Wildman–Crippen MR) is 146 cm³/mol. The molecule has 1 amide bonds. The molecule has 0 bridgehead atoms. The van der Waals surface area contributed by atoms with Crippen molar-refractivity contribution in [3.8, 4) is 5.75 Å². The molecule has 1 aliphatic rings. The Morgan fingerprint density at radius 1 is 1.03 bits per heavy atom. The third-order valence-corrected chi connectivity index (χ3v) is 6.74. The first-order valence-corrected chi connectivity index (χ1v) is 12.5. The van der Waals surface area contributed by atoms with E-state index in [4.69, 9.17) is 17.0 Å². The number of nitrogens with zero attached hydrogens (tertiary/aromatic N) is 4. The van der Waals surface area contributed by atoms with Crippen molar-refractivity contribution in [2.24, 2.45) is 0 Å². The standard InChI is InChI=1S/C28H28N6O2S/c1-36-24-13-3-2-10-21(24)31-25(35)14-18-34-27(26(32-28(34)37)22-11-5-7-16-30-22)23-12-8-17-33(23)19-20-9-4-6-15-29-20/h2-13,15-17,26-27H,14,18-19H2,1H3,(H,31,35)(H,32,37). The Morgan fingerprint density at radius 3 is 2.57 bits per heavy atom. The molecule has 188 valence electrons. The van der Waals surface area contributed by atoms with E-state index in [2.05, 4.69) is 36.1 Å². The van der Waals surface area contributed by atoms with Crippen molar-refractivity contribution in [1.29, 1.82) is 0 Å². The fourth-order valence-corrected chi connectivity index (χ4v) is 4.99. The number of benzene rings is 1. The maximum atomic E-state index is 12.9. The lowest BCUT2D eigenvalue weighted by Crippen LogP contribution is -2.33. The molecule has 1 saturated heterocycles. The maximum Gasteiger partial charge on any atom is 0.226 e. The fourth-order valence-electron chi connectivity index (χ4n) is 4.66. The van der Waals surface area contributed by atoms with Crippen molar-refractivity contribution >= 4 is 28.9 Å². The van der Waals surface area contributed by atoms with Gasteiger partial charge in [-0.05, 0) is 60.7 Å². The molecule has 4 aromatic rings. The molecule has 2 N–H and O–H groups in total. The molecule has 0 saturated carbocycles. The molecular weight excluding hydrogens is 484 g/mol. The van der Waals surface area contributed by atoms with Crippen LogP contribution in [0, 0.1) is 0 Å². The zero-order valence-corrected chi connectivity index (χ0v) is 21.3. The summed E-state index contributed by atoms with van der Waals surface area (Å²) in [6.45, 7) is 1.07. The van der Waals surface area contributed by atoms with Gasteiger partial charge in [-0.2, -0.15) is 0 Å². The SMILES string of the molecule is COc1ccccc1NC(=O)CCN1C(=S)NC(c2ccccn2)C1c1cccn1Cc1ccccn1. The molecule has 5 rings (SSSR count). The Labute approximate surface area is 221 Å². The summed E-state index contributed by atoms with van der Waals surface area (Å²) in [4.78, 5) is 24.1. The molecule has 2 atom stereocenters. The molecule has 3 aromatic heterocycles. The molecule has 1 aliphatic heterocycles. The Balaban J connectivity index is 1.40. The van der Waals surface area contributed by atoms with Gasteiger partial charge in [0, 0.05) is 37.3 Å². The van der Waals surface area contributed by atoms with E-state index in [1.54, 1.807) is 19.5 Å². The van der Waals surface area contributed by atoms with Crippen LogP contribution in [0.1, 0.15) is 35.6 Å². The number of anilines is 1. The number of amides is 1. The van der Waals surface area contributed by atoms with Crippen molar-refractivity contribution in [2.75, 3.05) is 19.0 Å². The quantitative estimate of drug-likeness (QED) is 0.323. The van der Waals surface area contributed by atoms with E-state index >= 15 is 0 Å². The largest absolute Gasteiger partial charge is 0.495 e. The van der Waals surface area contributed by atoms with Crippen molar-refractivity contribution in [1.82, 2.24) is 24.8 Å². The summed E-state index contributed by atoms with van der Waals surface area (Å²) in [5.41, 5.74) is 3.56. The van der Waals surface area contributed by atoms with Crippen LogP contribution in [0.5, 0.6) is 5.75 Å². The van der Waals surface area contributed by atoms with Crippen LogP contribution in [0.4, 0.5) is 5.69 Å². The minimum Gasteiger partial charge on any atom is -0.495 e. The van der Waals surface area contributed by atoms with E-state index in [1.165, 1.54) is 0 Å². The highest BCUT2D eigenvalue weighted by Crippen LogP contribution is 2.39. The Bertz CT molecular complexity index is 1360. The van der Waals surface area contributed by atoms with Crippen LogP contribution in [-0.2, 0) is 11.3 Å². The van der Waals surface area contributed by atoms with Gasteiger partial charge in [0.2, 0.25) is 5.91 Å². The highest BCUT2D eigenvalue weighted by atomic mass is 32.1. The second-order valence-electron chi connectivity index (χ2n) is 8.70. The maximum absolute atomic E-state index is 12.9. The molecule has 2 unspecified atom stereocenters. The summed E-state index contributed by atoms with van der Waals surface area (Å²) in [6, 6.07) is 23.0. The number of ether oxygens (including phenoxy) is 1. The van der Waals surface area contributed by atoms with E-state index in [9.17, 15) is 4.79 Å². The zero-order valence-electron chi connectivity index (χ0n) is 20.4.